The van der Waals surface area contributed by atoms with Crippen molar-refractivity contribution in [2.24, 2.45) is 28.6 Å². The molecule has 222 valence electrons. The number of carbonyl (C=O) groups is 5. The van der Waals surface area contributed by atoms with Crippen molar-refractivity contribution < 1.29 is 49.1 Å². The molecule has 0 unspecified atom stereocenters. The number of hydrogen-bond acceptors (Lipinski definition) is 9. The first-order valence-corrected chi connectivity index (χ1v) is 14.2. The molecule has 0 spiro atoms. The molecule has 5 N–H and O–H groups in total. The molecule has 0 aromatic heterocycles. The van der Waals surface area contributed by atoms with Gasteiger partial charge in [0.2, 0.25) is 11.7 Å². The van der Waals surface area contributed by atoms with E-state index in [0.717, 1.165) is 18.4 Å². The van der Waals surface area contributed by atoms with E-state index in [2.05, 4.69) is 12.2 Å². The summed E-state index contributed by atoms with van der Waals surface area (Å²) in [6, 6.07) is -1.52. The lowest BCUT2D eigenvalue weighted by Gasteiger charge is -2.60. The van der Waals surface area contributed by atoms with E-state index in [1.165, 1.54) is 6.92 Å². The van der Waals surface area contributed by atoms with Crippen LogP contribution in [0.3, 0.4) is 0 Å². The van der Waals surface area contributed by atoms with E-state index < -0.39 is 72.3 Å². The molecule has 4 aliphatic carbocycles. The number of rotatable bonds is 9. The number of hydrogen-bond donors (Lipinski definition) is 5. The average molecular weight is 564 g/mol. The fourth-order valence-corrected chi connectivity index (χ4v) is 8.34. The number of carbonyl (C=O) groups excluding carboxylic acids is 4. The molecule has 4 rings (SSSR count). The van der Waals surface area contributed by atoms with Crippen LogP contribution in [0.5, 0.6) is 0 Å². The van der Waals surface area contributed by atoms with Crippen LogP contribution in [-0.2, 0) is 28.7 Å². The maximum Gasteiger partial charge on any atom is 0.328 e. The molecule has 0 heterocycles. The quantitative estimate of drug-likeness (QED) is 0.254. The van der Waals surface area contributed by atoms with Crippen molar-refractivity contribution >= 4 is 29.4 Å². The van der Waals surface area contributed by atoms with Gasteiger partial charge in [-0.2, -0.15) is 0 Å². The van der Waals surface area contributed by atoms with E-state index >= 15 is 0 Å². The fraction of sp³-hybridized carbons (Fsp3) is 0.759. The molecular weight excluding hydrogens is 522 g/mol. The van der Waals surface area contributed by atoms with Crippen molar-refractivity contribution in [2.45, 2.75) is 102 Å². The molecule has 0 saturated heterocycles. The minimum atomic E-state index is -1.78. The zero-order valence-electron chi connectivity index (χ0n) is 23.4. The molecule has 3 saturated carbocycles. The van der Waals surface area contributed by atoms with Gasteiger partial charge in [0.25, 0.3) is 0 Å². The molecule has 11 heteroatoms. The van der Waals surface area contributed by atoms with Gasteiger partial charge in [0, 0.05) is 18.3 Å². The predicted octanol–water partition coefficient (Wildman–Crippen LogP) is 1.06. The highest BCUT2D eigenvalue weighted by atomic mass is 16.5. The van der Waals surface area contributed by atoms with E-state index in [9.17, 15) is 39.3 Å². The molecule has 0 radical (unpaired) electrons. The normalized spacial score (nSPS) is 38.1. The molecule has 1 amide bonds. The molecule has 4 aliphatic rings. The number of aliphatic hydroxyl groups excluding tert-OH is 2. The van der Waals surface area contributed by atoms with Crippen molar-refractivity contribution in [1.82, 2.24) is 5.32 Å². The minimum absolute atomic E-state index is 0.0126. The predicted molar refractivity (Wildman–Crippen MR) is 139 cm³/mol. The molecule has 11 nitrogen and oxygen atoms in total. The number of esters is 1. The smallest absolute Gasteiger partial charge is 0.328 e. The van der Waals surface area contributed by atoms with Gasteiger partial charge in [-0.3, -0.25) is 19.2 Å². The summed E-state index contributed by atoms with van der Waals surface area (Å²) in [6.45, 7) is 4.51. The Bertz CT molecular complexity index is 1120. The molecule has 3 fully saturated rings. The second-order valence-electron chi connectivity index (χ2n) is 12.7. The number of aliphatic hydroxyl groups is 3. The van der Waals surface area contributed by atoms with Gasteiger partial charge in [0.05, 0.1) is 18.6 Å². The third kappa shape index (κ3) is 5.12. The second-order valence-corrected chi connectivity index (χ2v) is 12.7. The van der Waals surface area contributed by atoms with Crippen molar-refractivity contribution in [3.63, 3.8) is 0 Å². The minimum Gasteiger partial charge on any atom is -0.480 e. The highest BCUT2D eigenvalue weighted by molar-refractivity contribution is 5.92. The Balaban J connectivity index is 1.38. The number of ether oxygens (including phenoxy) is 1. The van der Waals surface area contributed by atoms with Crippen LogP contribution in [0.15, 0.2) is 11.6 Å². The van der Waals surface area contributed by atoms with Crippen LogP contribution in [0.1, 0.15) is 78.6 Å². The lowest BCUT2D eigenvalue weighted by molar-refractivity contribution is -0.184. The van der Waals surface area contributed by atoms with E-state index in [1.807, 2.05) is 6.92 Å². The van der Waals surface area contributed by atoms with Gasteiger partial charge in [-0.25, -0.2) is 4.79 Å². The molecule has 0 aromatic rings. The van der Waals surface area contributed by atoms with Crippen LogP contribution in [0, 0.1) is 28.6 Å². The number of Topliss-reactive ketones (excluding diaryl/α,β-unsaturated/α-hetero) is 1. The standard InChI is InChI=1S/C29H41NO10/c1-15(31)25(26(37)38)30-22(35)6-7-23(36)40-14-21(34)29(39)11-9-19-18-5-4-16-12-17(32)8-10-27(16,2)24(18)20(33)13-28(19,29)3/h12,15,18-20,24-25,31,33,39H,4-11,13-14H2,1-3H3,(H,30,35)(H,37,38)/t15-,18-,19-,20+,24+,25-,27-,28-,29+/m0/s1. The number of nitrogens with one attached hydrogen (secondary N) is 1. The van der Waals surface area contributed by atoms with E-state index in [-0.39, 0.29) is 41.8 Å². The van der Waals surface area contributed by atoms with Crippen molar-refractivity contribution in [3.8, 4) is 0 Å². The van der Waals surface area contributed by atoms with Crippen molar-refractivity contribution in [3.05, 3.63) is 11.6 Å². The molecule has 0 bridgehead atoms. The first-order valence-electron chi connectivity index (χ1n) is 14.2. The Morgan fingerprint density at radius 2 is 1.82 bits per heavy atom. The zero-order valence-corrected chi connectivity index (χ0v) is 23.4. The van der Waals surface area contributed by atoms with Crippen LogP contribution in [0.4, 0.5) is 0 Å². The molecule has 0 aliphatic heterocycles. The highest BCUT2D eigenvalue weighted by Crippen LogP contribution is 2.67. The van der Waals surface area contributed by atoms with Gasteiger partial charge < -0.3 is 30.5 Å². The largest absolute Gasteiger partial charge is 0.480 e. The maximum atomic E-state index is 13.3. The number of aliphatic carboxylic acids is 1. The lowest BCUT2D eigenvalue weighted by atomic mass is 9.45. The van der Waals surface area contributed by atoms with Crippen LogP contribution in [0.2, 0.25) is 0 Å². The number of carboxylic acid groups (broad SMARTS) is 1. The summed E-state index contributed by atoms with van der Waals surface area (Å²) in [4.78, 5) is 60.8. The summed E-state index contributed by atoms with van der Waals surface area (Å²) in [5.74, 6) is -3.55. The first-order chi connectivity index (χ1) is 18.6. The Labute approximate surface area is 233 Å². The summed E-state index contributed by atoms with van der Waals surface area (Å²) in [6.07, 6.45) is 2.53. The Morgan fingerprint density at radius 3 is 2.48 bits per heavy atom. The zero-order chi connectivity index (χ0) is 29.6. The van der Waals surface area contributed by atoms with Crippen LogP contribution in [-0.4, -0.2) is 80.3 Å². The Kier molecular flexibility index (Phi) is 8.33. The highest BCUT2D eigenvalue weighted by Gasteiger charge is 2.68. The lowest BCUT2D eigenvalue weighted by Crippen LogP contribution is -2.62. The van der Waals surface area contributed by atoms with Crippen LogP contribution >= 0.6 is 0 Å². The van der Waals surface area contributed by atoms with Gasteiger partial charge in [0.15, 0.2) is 18.4 Å². The Morgan fingerprint density at radius 1 is 1.12 bits per heavy atom. The maximum absolute atomic E-state index is 13.3. The SMILES string of the molecule is C[C@H](O)[C@H](NC(=O)CCC(=O)OCC(=O)[C@]1(O)CC[C@H]2[C@@H]3CCC4=CC(=O)CC[C@]4(C)[C@H]3[C@H](O)C[C@@]21C)C(=O)O. The third-order valence-electron chi connectivity index (χ3n) is 10.5. The average Bonchev–Trinajstić information content (AvgIpc) is 3.15. The van der Waals surface area contributed by atoms with Gasteiger partial charge in [-0.1, -0.05) is 19.4 Å². The van der Waals surface area contributed by atoms with Gasteiger partial charge >= 0.3 is 11.9 Å². The fourth-order valence-electron chi connectivity index (χ4n) is 8.34. The summed E-state index contributed by atoms with van der Waals surface area (Å²) in [5.41, 5.74) is -1.88. The number of allylic oxidation sites excluding steroid dienone is 1. The van der Waals surface area contributed by atoms with Gasteiger partial charge in [-0.05, 0) is 74.7 Å². The number of carboxylic acids is 1. The summed E-state index contributed by atoms with van der Waals surface area (Å²) in [5, 5.41) is 43.8. The van der Waals surface area contributed by atoms with Gasteiger partial charge in [0.1, 0.15) is 5.60 Å². The molecule has 0 aromatic carbocycles. The van der Waals surface area contributed by atoms with Crippen molar-refractivity contribution in [2.75, 3.05) is 6.61 Å². The topological polar surface area (TPSA) is 188 Å². The summed E-state index contributed by atoms with van der Waals surface area (Å²) < 4.78 is 5.09. The second kappa shape index (κ2) is 11.0. The molecule has 40 heavy (non-hydrogen) atoms. The van der Waals surface area contributed by atoms with Crippen LogP contribution < -0.4 is 5.32 Å². The van der Waals surface area contributed by atoms with Gasteiger partial charge in [-0.15, -0.1) is 0 Å². The molecule has 9 atom stereocenters. The first kappa shape index (κ1) is 30.3. The number of ketones is 2. The number of fused-ring (bicyclic) bond motifs is 5. The summed E-state index contributed by atoms with van der Waals surface area (Å²) >= 11 is 0. The van der Waals surface area contributed by atoms with E-state index in [1.54, 1.807) is 6.08 Å². The van der Waals surface area contributed by atoms with Crippen LogP contribution in [0.25, 0.3) is 0 Å². The van der Waals surface area contributed by atoms with E-state index in [4.69, 9.17) is 9.84 Å². The number of amides is 1. The summed E-state index contributed by atoms with van der Waals surface area (Å²) in [7, 11) is 0. The molecular formula is C29H41NO10. The van der Waals surface area contributed by atoms with Crippen molar-refractivity contribution in [1.29, 1.82) is 0 Å². The third-order valence-corrected chi connectivity index (χ3v) is 10.5. The monoisotopic (exact) mass is 563 g/mol. The van der Waals surface area contributed by atoms with E-state index in [0.29, 0.717) is 19.3 Å². The Hall–Kier alpha value is -2.63.